The summed E-state index contributed by atoms with van der Waals surface area (Å²) < 4.78 is 1.49. The summed E-state index contributed by atoms with van der Waals surface area (Å²) in [4.78, 5) is 29.1. The molecule has 0 radical (unpaired) electrons. The first kappa shape index (κ1) is 16.9. The molecule has 1 atom stereocenters. The van der Waals surface area contributed by atoms with Crippen molar-refractivity contribution in [3.8, 4) is 0 Å². The second kappa shape index (κ2) is 7.30. The zero-order valence-corrected chi connectivity index (χ0v) is 14.4. The van der Waals surface area contributed by atoms with Gasteiger partial charge in [-0.1, -0.05) is 49.4 Å². The Bertz CT molecular complexity index is 948. The van der Waals surface area contributed by atoms with E-state index in [1.165, 1.54) is 10.1 Å². The molecule has 3 rings (SSSR count). The lowest BCUT2D eigenvalue weighted by Gasteiger charge is -2.14. The number of nitrogens with one attached hydrogen (secondary N) is 1. The number of para-hydroxylation sites is 2. The van der Waals surface area contributed by atoms with Gasteiger partial charge in [0.1, 0.15) is 12.2 Å². The largest absolute Gasteiger partial charge is 0.354 e. The maximum absolute atomic E-state index is 12.4. The number of benzene rings is 2. The molecule has 0 saturated carbocycles. The highest BCUT2D eigenvalue weighted by atomic mass is 16.2. The van der Waals surface area contributed by atoms with Crippen LogP contribution < -0.4 is 10.9 Å². The molecule has 128 valence electrons. The van der Waals surface area contributed by atoms with Crippen LogP contribution in [0.2, 0.25) is 0 Å². The molecule has 1 aromatic heterocycles. The van der Waals surface area contributed by atoms with E-state index in [9.17, 15) is 9.59 Å². The molecule has 2 aromatic carbocycles. The Kier molecular flexibility index (Phi) is 4.93. The normalized spacial score (nSPS) is 12.1. The Morgan fingerprint density at radius 2 is 1.80 bits per heavy atom. The molecular weight excluding hydrogens is 314 g/mol. The first-order valence-corrected chi connectivity index (χ1v) is 8.34. The van der Waals surface area contributed by atoms with Gasteiger partial charge < -0.3 is 5.32 Å². The number of amides is 1. The van der Waals surface area contributed by atoms with Crippen molar-refractivity contribution < 1.29 is 4.79 Å². The minimum absolute atomic E-state index is 0.00971. The number of aromatic nitrogens is 2. The summed E-state index contributed by atoms with van der Waals surface area (Å²) >= 11 is 0. The van der Waals surface area contributed by atoms with Crippen molar-refractivity contribution in [3.05, 3.63) is 76.2 Å². The Morgan fingerprint density at radius 3 is 2.56 bits per heavy atom. The van der Waals surface area contributed by atoms with E-state index in [0.717, 1.165) is 0 Å². The van der Waals surface area contributed by atoms with Crippen LogP contribution in [0.15, 0.2) is 59.4 Å². The summed E-state index contributed by atoms with van der Waals surface area (Å²) in [6.07, 6.45) is 0. The number of carbonyl (C=O) groups excluding carboxylic acids is 1. The van der Waals surface area contributed by atoms with Crippen LogP contribution in [-0.4, -0.2) is 22.0 Å². The average molecular weight is 335 g/mol. The van der Waals surface area contributed by atoms with Crippen LogP contribution in [-0.2, 0) is 11.3 Å². The topological polar surface area (TPSA) is 64.0 Å². The van der Waals surface area contributed by atoms with Crippen LogP contribution >= 0.6 is 0 Å². The lowest BCUT2D eigenvalue weighted by atomic mass is 10.0. The molecule has 0 aliphatic rings. The molecule has 25 heavy (non-hydrogen) atoms. The van der Waals surface area contributed by atoms with E-state index in [1.807, 2.05) is 54.6 Å². The van der Waals surface area contributed by atoms with Crippen LogP contribution in [0.4, 0.5) is 0 Å². The molecule has 3 aromatic rings. The Hall–Kier alpha value is -2.95. The SMILES string of the molecule is Cc1nc2ccccc2n(CC(=O)NC[C@@H](C)c2ccccc2)c1=O. The highest BCUT2D eigenvalue weighted by molar-refractivity contribution is 5.80. The highest BCUT2D eigenvalue weighted by Crippen LogP contribution is 2.13. The zero-order chi connectivity index (χ0) is 17.8. The number of hydrogen-bond donors (Lipinski definition) is 1. The lowest BCUT2D eigenvalue weighted by molar-refractivity contribution is -0.121. The van der Waals surface area contributed by atoms with Gasteiger partial charge in [0.05, 0.1) is 11.0 Å². The number of fused-ring (bicyclic) bond motifs is 1. The smallest absolute Gasteiger partial charge is 0.272 e. The van der Waals surface area contributed by atoms with Crippen LogP contribution in [0.5, 0.6) is 0 Å². The van der Waals surface area contributed by atoms with Gasteiger partial charge in [-0.25, -0.2) is 4.98 Å². The van der Waals surface area contributed by atoms with E-state index in [0.29, 0.717) is 23.3 Å². The van der Waals surface area contributed by atoms with E-state index < -0.39 is 0 Å². The fourth-order valence-electron chi connectivity index (χ4n) is 2.84. The second-order valence-electron chi connectivity index (χ2n) is 6.19. The summed E-state index contributed by atoms with van der Waals surface area (Å²) in [5, 5.41) is 2.92. The van der Waals surface area contributed by atoms with Crippen molar-refractivity contribution in [2.75, 3.05) is 6.54 Å². The van der Waals surface area contributed by atoms with Crippen LogP contribution in [0.3, 0.4) is 0 Å². The van der Waals surface area contributed by atoms with Crippen LogP contribution in [0.25, 0.3) is 11.0 Å². The third-order valence-electron chi connectivity index (χ3n) is 4.29. The molecule has 1 N–H and O–H groups in total. The fourth-order valence-corrected chi connectivity index (χ4v) is 2.84. The minimum atomic E-state index is -0.232. The molecule has 0 bridgehead atoms. The molecule has 5 heteroatoms. The third-order valence-corrected chi connectivity index (χ3v) is 4.29. The maximum atomic E-state index is 12.4. The molecule has 0 saturated heterocycles. The molecular formula is C20H21N3O2. The standard InChI is InChI=1S/C20H21N3O2/c1-14(16-8-4-3-5-9-16)12-21-19(24)13-23-18-11-7-6-10-17(18)22-15(2)20(23)25/h3-11,14H,12-13H2,1-2H3,(H,21,24)/t14-/m1/s1. The van der Waals surface area contributed by atoms with Gasteiger partial charge >= 0.3 is 0 Å². The van der Waals surface area contributed by atoms with Crippen molar-refractivity contribution in [2.45, 2.75) is 26.3 Å². The third kappa shape index (κ3) is 3.76. The molecule has 0 unspecified atom stereocenters. The number of rotatable bonds is 5. The van der Waals surface area contributed by atoms with Crippen molar-refractivity contribution in [1.29, 1.82) is 0 Å². The van der Waals surface area contributed by atoms with Crippen molar-refractivity contribution in [1.82, 2.24) is 14.9 Å². The second-order valence-corrected chi connectivity index (χ2v) is 6.19. The van der Waals surface area contributed by atoms with Gasteiger partial charge in [-0.2, -0.15) is 0 Å². The maximum Gasteiger partial charge on any atom is 0.272 e. The van der Waals surface area contributed by atoms with Gasteiger partial charge in [-0.15, -0.1) is 0 Å². The summed E-state index contributed by atoms with van der Waals surface area (Å²) in [6, 6.07) is 17.4. The van der Waals surface area contributed by atoms with E-state index in [2.05, 4.69) is 17.2 Å². The van der Waals surface area contributed by atoms with Gasteiger partial charge in [0.15, 0.2) is 0 Å². The van der Waals surface area contributed by atoms with Gasteiger partial charge in [-0.05, 0) is 30.5 Å². The van der Waals surface area contributed by atoms with Crippen molar-refractivity contribution >= 4 is 16.9 Å². The monoisotopic (exact) mass is 335 g/mol. The Balaban J connectivity index is 1.74. The highest BCUT2D eigenvalue weighted by Gasteiger charge is 2.12. The quantitative estimate of drug-likeness (QED) is 0.779. The summed E-state index contributed by atoms with van der Waals surface area (Å²) in [7, 11) is 0. The molecule has 0 aliphatic carbocycles. The number of nitrogens with zero attached hydrogens (tertiary/aromatic N) is 2. The van der Waals surface area contributed by atoms with E-state index in [1.54, 1.807) is 6.92 Å². The van der Waals surface area contributed by atoms with Crippen molar-refractivity contribution in [2.24, 2.45) is 0 Å². The Labute approximate surface area is 146 Å². The van der Waals surface area contributed by atoms with Gasteiger partial charge in [0.25, 0.3) is 5.56 Å². The summed E-state index contributed by atoms with van der Waals surface area (Å²) in [5.74, 6) is 0.0263. The fraction of sp³-hybridized carbons (Fsp3) is 0.250. The number of aryl methyl sites for hydroxylation is 1. The number of carbonyl (C=O) groups is 1. The molecule has 1 heterocycles. The molecule has 0 fully saturated rings. The van der Waals surface area contributed by atoms with Crippen molar-refractivity contribution in [3.63, 3.8) is 0 Å². The van der Waals surface area contributed by atoms with Gasteiger partial charge in [0.2, 0.25) is 5.91 Å². The van der Waals surface area contributed by atoms with E-state index in [4.69, 9.17) is 0 Å². The first-order chi connectivity index (χ1) is 12.1. The summed E-state index contributed by atoms with van der Waals surface area (Å²) in [6.45, 7) is 4.25. The van der Waals surface area contributed by atoms with Crippen LogP contribution in [0, 0.1) is 6.92 Å². The van der Waals surface area contributed by atoms with E-state index in [-0.39, 0.29) is 23.9 Å². The zero-order valence-electron chi connectivity index (χ0n) is 14.4. The number of hydrogen-bond acceptors (Lipinski definition) is 3. The van der Waals surface area contributed by atoms with E-state index >= 15 is 0 Å². The lowest BCUT2D eigenvalue weighted by Crippen LogP contribution is -2.35. The van der Waals surface area contributed by atoms with Gasteiger partial charge in [0, 0.05) is 6.54 Å². The predicted molar refractivity (Wildman–Crippen MR) is 98.6 cm³/mol. The molecule has 1 amide bonds. The Morgan fingerprint density at radius 1 is 1.12 bits per heavy atom. The van der Waals surface area contributed by atoms with Gasteiger partial charge in [-0.3, -0.25) is 14.2 Å². The molecule has 0 aliphatic heterocycles. The first-order valence-electron chi connectivity index (χ1n) is 8.34. The predicted octanol–water partition coefficient (Wildman–Crippen LogP) is 2.62. The minimum Gasteiger partial charge on any atom is -0.354 e. The summed E-state index contributed by atoms with van der Waals surface area (Å²) in [5.41, 5.74) is 2.72. The molecule has 0 spiro atoms. The average Bonchev–Trinajstić information content (AvgIpc) is 2.64. The molecule has 5 nitrogen and oxygen atoms in total. The van der Waals surface area contributed by atoms with Crippen LogP contribution in [0.1, 0.15) is 24.1 Å².